The van der Waals surface area contributed by atoms with Crippen LogP contribution in [-0.4, -0.2) is 54.6 Å². The highest BCUT2D eigenvalue weighted by Crippen LogP contribution is 2.33. The number of anilines is 1. The van der Waals surface area contributed by atoms with Crippen LogP contribution in [0.2, 0.25) is 0 Å². The third-order valence-electron chi connectivity index (χ3n) is 3.50. The molecule has 0 aliphatic carbocycles. The molecule has 2 amide bonds. The molecule has 0 aromatic heterocycles. The summed E-state index contributed by atoms with van der Waals surface area (Å²) < 4.78 is 4.92. The highest BCUT2D eigenvalue weighted by molar-refractivity contribution is 6.01. The van der Waals surface area contributed by atoms with E-state index in [0.29, 0.717) is 11.3 Å². The minimum atomic E-state index is -1.10. The van der Waals surface area contributed by atoms with Crippen LogP contribution in [0.5, 0.6) is 0 Å². The van der Waals surface area contributed by atoms with E-state index in [-0.39, 0.29) is 31.4 Å². The molecule has 22 heavy (non-hydrogen) atoms. The maximum atomic E-state index is 12.7. The number of rotatable bonds is 6. The van der Waals surface area contributed by atoms with Crippen LogP contribution in [0.25, 0.3) is 0 Å². The summed E-state index contributed by atoms with van der Waals surface area (Å²) in [6.45, 7) is -0.00994. The summed E-state index contributed by atoms with van der Waals surface area (Å²) in [6, 6.07) is 7.05. The second-order valence-electron chi connectivity index (χ2n) is 5.04. The molecule has 118 valence electrons. The van der Waals surface area contributed by atoms with Crippen LogP contribution in [0.15, 0.2) is 24.3 Å². The number of carbonyl (C=O) groups is 3. The first-order chi connectivity index (χ1) is 10.5. The molecule has 7 heteroatoms. The van der Waals surface area contributed by atoms with E-state index in [1.807, 2.05) is 0 Å². The zero-order valence-electron chi connectivity index (χ0n) is 12.2. The fourth-order valence-electron chi connectivity index (χ4n) is 2.48. The Kier molecular flexibility index (Phi) is 5.11. The number of benzene rings is 1. The first-order valence-corrected chi connectivity index (χ1v) is 6.91. The van der Waals surface area contributed by atoms with Crippen LogP contribution in [0, 0.1) is 0 Å². The van der Waals surface area contributed by atoms with Crippen molar-refractivity contribution in [3.63, 3.8) is 0 Å². The molecule has 1 aromatic carbocycles. The lowest BCUT2D eigenvalue weighted by atomic mass is 9.89. The smallest absolute Gasteiger partial charge is 0.323 e. The van der Waals surface area contributed by atoms with E-state index < -0.39 is 18.4 Å². The van der Waals surface area contributed by atoms with Crippen LogP contribution in [0.4, 0.5) is 5.69 Å². The van der Waals surface area contributed by atoms with Gasteiger partial charge in [0.15, 0.2) is 0 Å². The molecule has 0 saturated heterocycles. The molecule has 1 aliphatic heterocycles. The SMILES string of the molecule is COCCN(CC(=O)O)C(=O)C1CC(=O)Nc2ccccc21. The minimum Gasteiger partial charge on any atom is -0.480 e. The van der Waals surface area contributed by atoms with E-state index in [1.165, 1.54) is 12.0 Å². The Morgan fingerprint density at radius 2 is 2.14 bits per heavy atom. The van der Waals surface area contributed by atoms with E-state index in [0.717, 1.165) is 0 Å². The van der Waals surface area contributed by atoms with Crippen molar-refractivity contribution in [1.82, 2.24) is 4.90 Å². The Balaban J connectivity index is 2.25. The summed E-state index contributed by atoms with van der Waals surface area (Å²) in [7, 11) is 1.48. The minimum absolute atomic E-state index is 0.0128. The number of ether oxygens (including phenoxy) is 1. The third-order valence-corrected chi connectivity index (χ3v) is 3.50. The zero-order chi connectivity index (χ0) is 16.1. The largest absolute Gasteiger partial charge is 0.480 e. The lowest BCUT2D eigenvalue weighted by molar-refractivity contribution is -0.145. The van der Waals surface area contributed by atoms with Crippen molar-refractivity contribution in [3.8, 4) is 0 Å². The summed E-state index contributed by atoms with van der Waals surface area (Å²) in [5.74, 6) is -2.39. The Hall–Kier alpha value is -2.41. The van der Waals surface area contributed by atoms with Gasteiger partial charge in [-0.05, 0) is 11.6 Å². The second kappa shape index (κ2) is 7.04. The van der Waals surface area contributed by atoms with Crippen molar-refractivity contribution >= 4 is 23.5 Å². The first-order valence-electron chi connectivity index (χ1n) is 6.91. The summed E-state index contributed by atoms with van der Waals surface area (Å²) in [6.07, 6.45) is 0.0128. The number of aliphatic carboxylic acids is 1. The number of nitrogens with one attached hydrogen (secondary N) is 1. The fraction of sp³-hybridized carbons (Fsp3) is 0.400. The van der Waals surface area contributed by atoms with Crippen molar-refractivity contribution in [2.75, 3.05) is 32.1 Å². The van der Waals surface area contributed by atoms with Crippen molar-refractivity contribution in [2.24, 2.45) is 0 Å². The Morgan fingerprint density at radius 3 is 2.82 bits per heavy atom. The molecule has 0 radical (unpaired) electrons. The average Bonchev–Trinajstić information content (AvgIpc) is 2.49. The van der Waals surface area contributed by atoms with Gasteiger partial charge < -0.3 is 20.1 Å². The molecule has 1 aromatic rings. The van der Waals surface area contributed by atoms with Gasteiger partial charge in [-0.2, -0.15) is 0 Å². The highest BCUT2D eigenvalue weighted by atomic mass is 16.5. The Labute approximate surface area is 127 Å². The van der Waals surface area contributed by atoms with Gasteiger partial charge in [-0.3, -0.25) is 14.4 Å². The van der Waals surface area contributed by atoms with Crippen LogP contribution in [0.3, 0.4) is 0 Å². The summed E-state index contributed by atoms with van der Waals surface area (Å²) in [5.41, 5.74) is 1.30. The van der Waals surface area contributed by atoms with E-state index >= 15 is 0 Å². The quantitative estimate of drug-likeness (QED) is 0.805. The van der Waals surface area contributed by atoms with E-state index in [9.17, 15) is 14.4 Å². The van der Waals surface area contributed by atoms with E-state index in [4.69, 9.17) is 9.84 Å². The molecule has 1 unspecified atom stereocenters. The maximum absolute atomic E-state index is 12.7. The molecule has 1 aliphatic rings. The molecule has 2 rings (SSSR count). The molecule has 7 nitrogen and oxygen atoms in total. The van der Waals surface area contributed by atoms with Crippen LogP contribution in [-0.2, 0) is 19.1 Å². The maximum Gasteiger partial charge on any atom is 0.323 e. The number of amides is 2. The lowest BCUT2D eigenvalue weighted by Gasteiger charge is -2.29. The van der Waals surface area contributed by atoms with Crippen molar-refractivity contribution < 1.29 is 24.2 Å². The molecular formula is C15H18N2O5. The van der Waals surface area contributed by atoms with Gasteiger partial charge in [0.1, 0.15) is 6.54 Å². The number of fused-ring (bicyclic) bond motifs is 1. The number of carbonyl (C=O) groups excluding carboxylic acids is 2. The van der Waals surface area contributed by atoms with Crippen molar-refractivity contribution in [1.29, 1.82) is 0 Å². The summed E-state index contributed by atoms with van der Waals surface area (Å²) >= 11 is 0. The molecule has 2 N–H and O–H groups in total. The predicted molar refractivity (Wildman–Crippen MR) is 78.5 cm³/mol. The van der Waals surface area contributed by atoms with E-state index in [2.05, 4.69) is 5.32 Å². The van der Waals surface area contributed by atoms with Crippen LogP contribution in [0.1, 0.15) is 17.9 Å². The highest BCUT2D eigenvalue weighted by Gasteiger charge is 2.33. The van der Waals surface area contributed by atoms with Crippen LogP contribution < -0.4 is 5.32 Å². The normalized spacial score (nSPS) is 16.6. The standard InChI is InChI=1S/C15H18N2O5/c1-22-7-6-17(9-14(19)20)15(21)11-8-13(18)16-12-5-3-2-4-10(11)12/h2-5,11H,6-9H2,1H3,(H,16,18)(H,19,20). The molecule has 0 fully saturated rings. The van der Waals surface area contributed by atoms with Gasteiger partial charge in [0.05, 0.1) is 12.5 Å². The number of carboxylic acid groups (broad SMARTS) is 1. The number of methoxy groups -OCH3 is 1. The number of carboxylic acids is 1. The number of para-hydroxylation sites is 1. The molecule has 1 heterocycles. The molecule has 0 spiro atoms. The van der Waals surface area contributed by atoms with Crippen molar-refractivity contribution in [2.45, 2.75) is 12.3 Å². The first kappa shape index (κ1) is 16.0. The van der Waals surface area contributed by atoms with Gasteiger partial charge >= 0.3 is 5.97 Å². The summed E-state index contributed by atoms with van der Waals surface area (Å²) in [5, 5.41) is 11.7. The topological polar surface area (TPSA) is 95.9 Å². The lowest BCUT2D eigenvalue weighted by Crippen LogP contribution is -2.42. The van der Waals surface area contributed by atoms with Crippen LogP contribution >= 0.6 is 0 Å². The zero-order valence-corrected chi connectivity index (χ0v) is 12.2. The van der Waals surface area contributed by atoms with Gasteiger partial charge in [-0.1, -0.05) is 18.2 Å². The Morgan fingerprint density at radius 1 is 1.41 bits per heavy atom. The average molecular weight is 306 g/mol. The summed E-state index contributed by atoms with van der Waals surface area (Å²) in [4.78, 5) is 36.6. The third kappa shape index (κ3) is 3.62. The predicted octanol–water partition coefficient (Wildman–Crippen LogP) is 0.672. The van der Waals surface area contributed by atoms with E-state index in [1.54, 1.807) is 24.3 Å². The van der Waals surface area contributed by atoms with Crippen molar-refractivity contribution in [3.05, 3.63) is 29.8 Å². The number of hydrogen-bond donors (Lipinski definition) is 2. The van der Waals surface area contributed by atoms with Gasteiger partial charge in [-0.25, -0.2) is 0 Å². The molecular weight excluding hydrogens is 288 g/mol. The molecule has 1 atom stereocenters. The molecule has 0 bridgehead atoms. The van der Waals surface area contributed by atoms with Gasteiger partial charge in [0.2, 0.25) is 11.8 Å². The van der Waals surface area contributed by atoms with Gasteiger partial charge in [-0.15, -0.1) is 0 Å². The second-order valence-corrected chi connectivity index (χ2v) is 5.04. The Bertz CT molecular complexity index is 587. The van der Waals surface area contributed by atoms with Gasteiger partial charge in [0.25, 0.3) is 0 Å². The monoisotopic (exact) mass is 306 g/mol. The van der Waals surface area contributed by atoms with Gasteiger partial charge in [0, 0.05) is 25.8 Å². The number of nitrogens with zero attached hydrogens (tertiary/aromatic N) is 1. The molecule has 0 saturated carbocycles. The number of hydrogen-bond acceptors (Lipinski definition) is 4. The fourth-order valence-corrected chi connectivity index (χ4v) is 2.48.